The molecule has 0 saturated heterocycles. The van der Waals surface area contributed by atoms with E-state index in [9.17, 15) is 4.79 Å². The largest absolute Gasteiger partial charge is 0.493 e. The molecule has 0 aliphatic carbocycles. The first kappa shape index (κ1) is 35.5. The maximum absolute atomic E-state index is 12.7. The highest BCUT2D eigenvalue weighted by atomic mass is 35.5. The molecule has 0 spiro atoms. The van der Waals surface area contributed by atoms with Crippen LogP contribution in [-0.2, 0) is 30.5 Å². The highest BCUT2D eigenvalue weighted by Crippen LogP contribution is 2.56. The van der Waals surface area contributed by atoms with Crippen LogP contribution in [0.3, 0.4) is 0 Å². The van der Waals surface area contributed by atoms with E-state index in [2.05, 4.69) is 29.0 Å². The Balaban J connectivity index is 1.54. The molecule has 12 heteroatoms. The van der Waals surface area contributed by atoms with Gasteiger partial charge in [0, 0.05) is 48.7 Å². The topological polar surface area (TPSA) is 78.9 Å². The van der Waals surface area contributed by atoms with E-state index in [0.29, 0.717) is 74.5 Å². The van der Waals surface area contributed by atoms with E-state index < -0.39 is 12.0 Å². The van der Waals surface area contributed by atoms with Gasteiger partial charge in [-0.3, -0.25) is 14.6 Å². The van der Waals surface area contributed by atoms with Crippen LogP contribution in [0.1, 0.15) is 52.4 Å². The van der Waals surface area contributed by atoms with E-state index in [0.717, 1.165) is 41.6 Å². The van der Waals surface area contributed by atoms with Crippen molar-refractivity contribution in [2.75, 3.05) is 48.5 Å². The summed E-state index contributed by atoms with van der Waals surface area (Å²) in [6, 6.07) is 13.5. The molecule has 4 aromatic carbocycles. The fourth-order valence-electron chi connectivity index (χ4n) is 7.49. The van der Waals surface area contributed by atoms with Gasteiger partial charge < -0.3 is 28.4 Å². The molecular formula is C39H39Cl3N2O7. The van der Waals surface area contributed by atoms with Crippen molar-refractivity contribution in [1.82, 2.24) is 9.80 Å². The van der Waals surface area contributed by atoms with Gasteiger partial charge in [-0.1, -0.05) is 46.9 Å². The second-order valence-corrected chi connectivity index (χ2v) is 14.3. The number of ether oxygens (including phenoxy) is 6. The maximum atomic E-state index is 12.7. The molecule has 4 aromatic rings. The maximum Gasteiger partial charge on any atom is 0.308 e. The van der Waals surface area contributed by atoms with Gasteiger partial charge >= 0.3 is 5.97 Å². The smallest absolute Gasteiger partial charge is 0.308 e. The Morgan fingerprint density at radius 2 is 1.47 bits per heavy atom. The molecule has 4 aliphatic heterocycles. The Labute approximate surface area is 312 Å². The van der Waals surface area contributed by atoms with E-state index in [4.69, 9.17) is 63.2 Å². The third kappa shape index (κ3) is 6.44. The van der Waals surface area contributed by atoms with E-state index in [1.807, 2.05) is 31.3 Å². The Morgan fingerprint density at radius 1 is 0.765 bits per heavy atom. The van der Waals surface area contributed by atoms with Gasteiger partial charge in [-0.25, -0.2) is 0 Å². The van der Waals surface area contributed by atoms with E-state index in [-0.39, 0.29) is 17.5 Å². The zero-order chi connectivity index (χ0) is 36.1. The molecule has 2 atom stereocenters. The van der Waals surface area contributed by atoms with Crippen LogP contribution < -0.4 is 28.4 Å². The van der Waals surface area contributed by atoms with E-state index in [1.54, 1.807) is 20.3 Å². The molecule has 8 rings (SSSR count). The van der Waals surface area contributed by atoms with E-state index >= 15 is 0 Å². The molecule has 0 amide bonds. The summed E-state index contributed by atoms with van der Waals surface area (Å²) >= 11 is 21.3. The predicted octanol–water partition coefficient (Wildman–Crippen LogP) is 9.04. The van der Waals surface area contributed by atoms with Gasteiger partial charge in [0.25, 0.3) is 0 Å². The molecule has 51 heavy (non-hydrogen) atoms. The second-order valence-electron chi connectivity index (χ2n) is 13.1. The molecular weight excluding hydrogens is 715 g/mol. The number of nitrogens with zero attached hydrogens (tertiary/aromatic N) is 2. The first-order chi connectivity index (χ1) is 24.5. The molecule has 4 aliphatic rings. The van der Waals surface area contributed by atoms with Gasteiger partial charge in [-0.2, -0.15) is 0 Å². The minimum atomic E-state index is -0.558. The third-order valence-corrected chi connectivity index (χ3v) is 11.3. The molecule has 0 aromatic heterocycles. The van der Waals surface area contributed by atoms with Crippen molar-refractivity contribution in [3.63, 3.8) is 0 Å². The van der Waals surface area contributed by atoms with Crippen LogP contribution in [0.5, 0.6) is 46.0 Å². The number of hydrogen-bond acceptors (Lipinski definition) is 9. The van der Waals surface area contributed by atoms with Crippen LogP contribution in [0, 0.1) is 0 Å². The lowest BCUT2D eigenvalue weighted by molar-refractivity contribution is -0.132. The van der Waals surface area contributed by atoms with Crippen molar-refractivity contribution in [3.8, 4) is 46.0 Å². The van der Waals surface area contributed by atoms with Crippen molar-refractivity contribution < 1.29 is 33.2 Å². The zero-order valence-corrected chi connectivity index (χ0v) is 31.6. The number of methoxy groups -OCH3 is 3. The van der Waals surface area contributed by atoms with Crippen molar-refractivity contribution in [3.05, 3.63) is 90.9 Å². The van der Waals surface area contributed by atoms with Crippen LogP contribution in [0.4, 0.5) is 0 Å². The predicted molar refractivity (Wildman–Crippen MR) is 197 cm³/mol. The Bertz CT molecular complexity index is 2020. The normalized spacial score (nSPS) is 18.5. The number of likely N-dealkylation sites (N-methyl/N-ethyl adjacent to an activating group) is 2. The second kappa shape index (κ2) is 14.3. The van der Waals surface area contributed by atoms with Gasteiger partial charge in [-0.05, 0) is 91.9 Å². The molecule has 0 N–H and O–H groups in total. The lowest BCUT2D eigenvalue weighted by Crippen LogP contribution is -2.34. The first-order valence-corrected chi connectivity index (χ1v) is 17.9. The number of rotatable bonds is 4. The van der Waals surface area contributed by atoms with Crippen molar-refractivity contribution in [2.24, 2.45) is 0 Å². The molecule has 268 valence electrons. The summed E-state index contributed by atoms with van der Waals surface area (Å²) < 4.78 is 36.8. The van der Waals surface area contributed by atoms with Gasteiger partial charge in [-0.15, -0.1) is 0 Å². The van der Waals surface area contributed by atoms with Crippen molar-refractivity contribution >= 4 is 40.8 Å². The Morgan fingerprint density at radius 3 is 2.16 bits per heavy atom. The lowest BCUT2D eigenvalue weighted by Gasteiger charge is -2.38. The number of hydrogen-bond donors (Lipinski definition) is 0. The van der Waals surface area contributed by atoms with Crippen LogP contribution >= 0.6 is 34.8 Å². The molecule has 6 bridgehead atoms. The fourth-order valence-corrected chi connectivity index (χ4v) is 8.47. The third-order valence-electron chi connectivity index (χ3n) is 10.2. The summed E-state index contributed by atoms with van der Waals surface area (Å²) in [6.07, 6.45) is 2.49. The highest BCUT2D eigenvalue weighted by molar-refractivity contribution is 6.37. The van der Waals surface area contributed by atoms with Gasteiger partial charge in [0.1, 0.15) is 5.75 Å². The minimum Gasteiger partial charge on any atom is -0.493 e. The van der Waals surface area contributed by atoms with Gasteiger partial charge in [0.15, 0.2) is 34.5 Å². The fraction of sp³-hybridized carbons (Fsp3) is 0.359. The summed E-state index contributed by atoms with van der Waals surface area (Å²) in [6.45, 7) is 2.87. The number of carbonyl (C=O) groups is 1. The molecule has 9 nitrogen and oxygen atoms in total. The number of fused-ring (bicyclic) bond motifs is 2. The summed E-state index contributed by atoms with van der Waals surface area (Å²) in [4.78, 5) is 17.2. The molecule has 0 fully saturated rings. The molecule has 1 unspecified atom stereocenters. The SMILES string of the molecule is COc1cc2c3cc1Oc1c(OC(C)=O)c(OC)c(Cl)c4c1[C@H](Cc1c(Cl)cc(OC)c(c1Cl)Oc1ccc(cc1)CC3N(C)CC2)N(C)CC4. The van der Waals surface area contributed by atoms with Crippen LogP contribution in [0.15, 0.2) is 42.5 Å². The Hall–Kier alpha value is -3.86. The van der Waals surface area contributed by atoms with Crippen molar-refractivity contribution in [1.29, 1.82) is 0 Å². The average molecular weight is 754 g/mol. The van der Waals surface area contributed by atoms with Crippen LogP contribution in [0.25, 0.3) is 0 Å². The summed E-state index contributed by atoms with van der Waals surface area (Å²) in [5.74, 6) is 2.41. The average Bonchev–Trinajstić information content (AvgIpc) is 3.11. The molecule has 0 radical (unpaired) electrons. The summed E-state index contributed by atoms with van der Waals surface area (Å²) in [7, 11) is 8.81. The molecule has 4 heterocycles. The minimum absolute atomic E-state index is 0.0431. The quantitative estimate of drug-likeness (QED) is 0.150. The number of halogens is 3. The molecule has 0 saturated carbocycles. The number of benzene rings is 4. The number of carbonyl (C=O) groups excluding carboxylic acids is 1. The van der Waals surface area contributed by atoms with Crippen molar-refractivity contribution in [2.45, 2.75) is 44.7 Å². The van der Waals surface area contributed by atoms with Gasteiger partial charge in [0.05, 0.1) is 31.4 Å². The van der Waals surface area contributed by atoms with Gasteiger partial charge in [0.2, 0.25) is 5.75 Å². The monoisotopic (exact) mass is 752 g/mol. The van der Waals surface area contributed by atoms with Crippen LogP contribution in [-0.4, -0.2) is 64.3 Å². The Kier molecular flexibility index (Phi) is 9.95. The number of esters is 1. The van der Waals surface area contributed by atoms with E-state index in [1.165, 1.54) is 19.6 Å². The lowest BCUT2D eigenvalue weighted by atomic mass is 9.87. The zero-order valence-electron chi connectivity index (χ0n) is 29.3. The first-order valence-electron chi connectivity index (χ1n) is 16.7. The summed E-state index contributed by atoms with van der Waals surface area (Å²) in [5, 5.41) is 1.07. The van der Waals surface area contributed by atoms with Crippen LogP contribution in [0.2, 0.25) is 15.1 Å². The highest BCUT2D eigenvalue weighted by Gasteiger charge is 2.38. The summed E-state index contributed by atoms with van der Waals surface area (Å²) in [5.41, 5.74) is 5.60. The standard InChI is InChI=1S/C39H39Cl3N2O7/c1-20(45)49-39-37-33-24(34(41)38(39)48-6)12-14-44(3)29(33)17-26-27(40)19-32(47-5)36(35(26)42)50-23-9-7-21(8-10-23)15-28-25-18-31(51-37)30(46-4)16-22(25)11-13-43(28)2/h7-10,16,18-19,28-29H,11-15,17H2,1-6H3/t28?,29-/m0/s1.